The Kier molecular flexibility index (Phi) is 5.69. The molecule has 1 aromatic carbocycles. The summed E-state index contributed by atoms with van der Waals surface area (Å²) in [5, 5.41) is 2.51. The number of aromatic nitrogens is 1. The summed E-state index contributed by atoms with van der Waals surface area (Å²) in [5.74, 6) is 0. The Labute approximate surface area is 162 Å². The van der Waals surface area contributed by atoms with Gasteiger partial charge in [-0.3, -0.25) is 4.98 Å². The fourth-order valence-corrected chi connectivity index (χ4v) is 2.71. The lowest BCUT2D eigenvalue weighted by molar-refractivity contribution is -0.144. The van der Waals surface area contributed by atoms with Gasteiger partial charge in [0.15, 0.2) is 6.04 Å². The third-order valence-electron chi connectivity index (χ3n) is 3.83. The number of rotatable bonds is 5. The molecule has 1 aliphatic heterocycles. The predicted octanol–water partition coefficient (Wildman–Crippen LogP) is 4.33. The van der Waals surface area contributed by atoms with Crippen LogP contribution in [0.15, 0.2) is 63.8 Å². The number of amidine groups is 1. The third-order valence-corrected chi connectivity index (χ3v) is 4.30. The number of allylic oxidation sites excluding steroid dienone is 1. The minimum Gasteiger partial charge on any atom is -0.459 e. The molecular weight excluding hydrogens is 425 g/mol. The highest BCUT2D eigenvalue weighted by molar-refractivity contribution is 9.10. The monoisotopic (exact) mass is 440 g/mol. The molecule has 9 heteroatoms. The van der Waals surface area contributed by atoms with Crippen molar-refractivity contribution in [3.05, 3.63) is 70.1 Å². The molecule has 0 spiro atoms. The van der Waals surface area contributed by atoms with E-state index in [4.69, 9.17) is 10.5 Å². The van der Waals surface area contributed by atoms with Gasteiger partial charge in [-0.05, 0) is 52.2 Å². The zero-order valence-corrected chi connectivity index (χ0v) is 15.6. The molecular formula is C18H16BrF3N4O. The first-order valence-corrected chi connectivity index (χ1v) is 8.80. The number of alkyl halides is 3. The zero-order valence-electron chi connectivity index (χ0n) is 14.0. The second-order valence-electron chi connectivity index (χ2n) is 5.86. The summed E-state index contributed by atoms with van der Waals surface area (Å²) < 4.78 is 46.0. The van der Waals surface area contributed by atoms with Gasteiger partial charge in [-0.25, -0.2) is 0 Å². The first-order valence-electron chi connectivity index (χ1n) is 8.01. The molecule has 3 rings (SSSR count). The first kappa shape index (κ1) is 19.2. The van der Waals surface area contributed by atoms with Crippen molar-refractivity contribution < 1.29 is 17.9 Å². The summed E-state index contributed by atoms with van der Waals surface area (Å²) in [7, 11) is 0. The second kappa shape index (κ2) is 7.99. The molecule has 2 aromatic rings. The van der Waals surface area contributed by atoms with Crippen LogP contribution in [-0.4, -0.2) is 23.8 Å². The van der Waals surface area contributed by atoms with Crippen molar-refractivity contribution in [3.8, 4) is 0 Å². The number of nitrogens with one attached hydrogen (secondary N) is 1. The van der Waals surface area contributed by atoms with Gasteiger partial charge in [-0.2, -0.15) is 18.2 Å². The molecule has 27 heavy (non-hydrogen) atoms. The molecule has 0 bridgehead atoms. The van der Waals surface area contributed by atoms with Crippen LogP contribution >= 0.6 is 15.9 Å². The molecule has 0 aliphatic carbocycles. The van der Waals surface area contributed by atoms with E-state index in [-0.39, 0.29) is 11.7 Å². The summed E-state index contributed by atoms with van der Waals surface area (Å²) in [5.41, 5.74) is 7.34. The molecule has 0 saturated heterocycles. The van der Waals surface area contributed by atoms with Crippen molar-refractivity contribution in [2.75, 3.05) is 11.9 Å². The van der Waals surface area contributed by atoms with Gasteiger partial charge in [-0.1, -0.05) is 18.2 Å². The highest BCUT2D eigenvalue weighted by atomic mass is 79.9. The normalized spacial score (nSPS) is 16.7. The van der Waals surface area contributed by atoms with E-state index in [0.717, 1.165) is 11.3 Å². The van der Waals surface area contributed by atoms with Crippen LogP contribution in [0, 0.1) is 0 Å². The fourth-order valence-electron chi connectivity index (χ4n) is 2.48. The van der Waals surface area contributed by atoms with Crippen LogP contribution in [0.1, 0.15) is 17.3 Å². The van der Waals surface area contributed by atoms with Crippen LogP contribution in [0.3, 0.4) is 0 Å². The molecule has 1 atom stereocenters. The predicted molar refractivity (Wildman–Crippen MR) is 100 cm³/mol. The van der Waals surface area contributed by atoms with Crippen molar-refractivity contribution >= 4 is 27.6 Å². The highest BCUT2D eigenvalue weighted by Gasteiger charge is 2.41. The Morgan fingerprint density at radius 3 is 2.52 bits per heavy atom. The quantitative estimate of drug-likeness (QED) is 0.725. The van der Waals surface area contributed by atoms with E-state index in [1.165, 1.54) is 18.3 Å². The van der Waals surface area contributed by atoms with Gasteiger partial charge >= 0.3 is 6.18 Å². The average molecular weight is 441 g/mol. The number of hydrogen-bond acceptors (Lipinski definition) is 5. The third kappa shape index (κ3) is 5.22. The Balaban J connectivity index is 1.70. The maximum absolute atomic E-state index is 13.4. The molecule has 1 aromatic heterocycles. The van der Waals surface area contributed by atoms with Crippen molar-refractivity contribution in [2.45, 2.75) is 18.6 Å². The maximum atomic E-state index is 13.4. The van der Waals surface area contributed by atoms with Crippen molar-refractivity contribution in [1.29, 1.82) is 0 Å². The SMILES string of the molecule is NC1=N/C(=C/Cc2ccc(NC(c3ccc(Br)cn3)C(F)(F)F)cc2)CO1. The number of ether oxygens (including phenoxy) is 1. The summed E-state index contributed by atoms with van der Waals surface area (Å²) in [6, 6.07) is 7.83. The number of nitrogens with two attached hydrogens (primary N) is 1. The Morgan fingerprint density at radius 2 is 1.96 bits per heavy atom. The number of aliphatic imine (C=N–C) groups is 1. The second-order valence-corrected chi connectivity index (χ2v) is 6.77. The zero-order chi connectivity index (χ0) is 19.4. The van der Waals surface area contributed by atoms with Gasteiger partial charge in [0.2, 0.25) is 0 Å². The van der Waals surface area contributed by atoms with Crippen LogP contribution in [0.4, 0.5) is 18.9 Å². The van der Waals surface area contributed by atoms with Crippen LogP contribution in [-0.2, 0) is 11.2 Å². The Hall–Kier alpha value is -2.55. The molecule has 0 radical (unpaired) electrons. The van der Waals surface area contributed by atoms with Gasteiger partial charge in [0.1, 0.15) is 6.61 Å². The lowest BCUT2D eigenvalue weighted by Gasteiger charge is -2.22. The van der Waals surface area contributed by atoms with Crippen LogP contribution < -0.4 is 11.1 Å². The number of pyridine rings is 1. The smallest absolute Gasteiger partial charge is 0.414 e. The van der Waals surface area contributed by atoms with E-state index in [1.807, 2.05) is 6.08 Å². The van der Waals surface area contributed by atoms with Crippen LogP contribution in [0.2, 0.25) is 0 Å². The lowest BCUT2D eigenvalue weighted by atomic mass is 10.1. The fraction of sp³-hybridized carbons (Fsp3) is 0.222. The van der Waals surface area contributed by atoms with Gasteiger partial charge < -0.3 is 15.8 Å². The largest absolute Gasteiger partial charge is 0.459 e. The van der Waals surface area contributed by atoms with E-state index < -0.39 is 12.2 Å². The first-order chi connectivity index (χ1) is 12.8. The summed E-state index contributed by atoms with van der Waals surface area (Å²) >= 11 is 3.17. The number of halogens is 4. The topological polar surface area (TPSA) is 72.5 Å². The molecule has 142 valence electrons. The molecule has 1 aliphatic rings. The summed E-state index contributed by atoms with van der Waals surface area (Å²) in [4.78, 5) is 7.88. The summed E-state index contributed by atoms with van der Waals surface area (Å²) in [6.45, 7) is 0.332. The average Bonchev–Trinajstić information content (AvgIpc) is 3.04. The number of anilines is 1. The van der Waals surface area contributed by atoms with Gasteiger partial charge in [0, 0.05) is 16.4 Å². The van der Waals surface area contributed by atoms with E-state index in [0.29, 0.717) is 23.2 Å². The number of nitrogens with zero attached hydrogens (tertiary/aromatic N) is 2. The minimum atomic E-state index is -4.48. The van der Waals surface area contributed by atoms with Crippen LogP contribution in [0.5, 0.6) is 0 Å². The molecule has 3 N–H and O–H groups in total. The molecule has 5 nitrogen and oxygen atoms in total. The van der Waals surface area contributed by atoms with E-state index in [9.17, 15) is 13.2 Å². The molecule has 0 amide bonds. The number of benzene rings is 1. The van der Waals surface area contributed by atoms with Gasteiger partial charge in [0.25, 0.3) is 6.02 Å². The molecule has 0 saturated carbocycles. The van der Waals surface area contributed by atoms with Gasteiger partial charge in [-0.15, -0.1) is 0 Å². The van der Waals surface area contributed by atoms with E-state index >= 15 is 0 Å². The van der Waals surface area contributed by atoms with Gasteiger partial charge in [0.05, 0.1) is 11.4 Å². The lowest BCUT2D eigenvalue weighted by Crippen LogP contribution is -2.28. The maximum Gasteiger partial charge on any atom is 0.414 e. The van der Waals surface area contributed by atoms with Crippen LogP contribution in [0.25, 0.3) is 0 Å². The Bertz CT molecular complexity index is 848. The van der Waals surface area contributed by atoms with Crippen molar-refractivity contribution in [1.82, 2.24) is 4.98 Å². The van der Waals surface area contributed by atoms with Crippen molar-refractivity contribution in [3.63, 3.8) is 0 Å². The highest BCUT2D eigenvalue weighted by Crippen LogP contribution is 2.35. The molecule has 2 heterocycles. The minimum absolute atomic E-state index is 0.101. The van der Waals surface area contributed by atoms with E-state index in [1.54, 1.807) is 24.3 Å². The molecule has 1 unspecified atom stereocenters. The standard InChI is InChI=1S/C18H16BrF3N4O/c19-12-4-8-15(24-9-12)16(18(20,21)22)25-13-5-1-11(2-6-13)3-7-14-10-27-17(23)26-14/h1-2,4-9,16,25H,3,10H2,(H2,23,26)/b14-7+. The number of hydrogen-bond donors (Lipinski definition) is 2. The Morgan fingerprint density at radius 1 is 1.22 bits per heavy atom. The molecule has 0 fully saturated rings. The van der Waals surface area contributed by atoms with Crippen molar-refractivity contribution in [2.24, 2.45) is 10.7 Å². The van der Waals surface area contributed by atoms with E-state index in [2.05, 4.69) is 31.2 Å². The summed E-state index contributed by atoms with van der Waals surface area (Å²) in [6.07, 6.45) is -0.696.